The fraction of sp³-hybridized carbons (Fsp3) is 0.345. The molecule has 2 aliphatic rings. The predicted octanol–water partition coefficient (Wildman–Crippen LogP) is 1.81. The first-order chi connectivity index (χ1) is 16.0. The number of benzene rings is 3. The molecule has 2 fully saturated rings. The predicted molar refractivity (Wildman–Crippen MR) is 128 cm³/mol. The second-order valence-corrected chi connectivity index (χ2v) is 9.82. The minimum atomic E-state index is -1.82. The summed E-state index contributed by atoms with van der Waals surface area (Å²) >= 11 is 0. The van der Waals surface area contributed by atoms with Crippen molar-refractivity contribution >= 4 is 5.97 Å². The summed E-state index contributed by atoms with van der Waals surface area (Å²) in [5, 5.41) is 11.7. The molecule has 0 saturated carbocycles. The SMILES string of the molecule is C[N+]1(Cc2ccccc2)C2CCC1CC(OC(=O)C(O)(c1ccccc1)c1ccccc1)C2.[Cl-]. The first kappa shape index (κ1) is 24.5. The molecule has 4 nitrogen and oxygen atoms in total. The van der Waals surface area contributed by atoms with E-state index in [0.29, 0.717) is 23.2 Å². The highest BCUT2D eigenvalue weighted by atomic mass is 35.5. The number of piperidine rings is 1. The first-order valence-corrected chi connectivity index (χ1v) is 11.9. The largest absolute Gasteiger partial charge is 1.00 e. The molecule has 0 aliphatic carbocycles. The van der Waals surface area contributed by atoms with Gasteiger partial charge in [0, 0.05) is 31.2 Å². The zero-order valence-electron chi connectivity index (χ0n) is 19.5. The molecule has 0 aromatic heterocycles. The average Bonchev–Trinajstić information content (AvgIpc) is 3.01. The lowest BCUT2D eigenvalue weighted by atomic mass is 9.86. The average molecular weight is 478 g/mol. The highest BCUT2D eigenvalue weighted by molar-refractivity contribution is 5.85. The van der Waals surface area contributed by atoms with Gasteiger partial charge in [0.25, 0.3) is 0 Å². The van der Waals surface area contributed by atoms with E-state index in [4.69, 9.17) is 4.74 Å². The lowest BCUT2D eigenvalue weighted by molar-refractivity contribution is -0.961. The maximum absolute atomic E-state index is 13.5. The van der Waals surface area contributed by atoms with Crippen LogP contribution in [0.15, 0.2) is 91.0 Å². The number of carbonyl (C=O) groups excluding carboxylic acids is 1. The Kier molecular flexibility index (Phi) is 7.13. The van der Waals surface area contributed by atoms with Gasteiger partial charge in [-0.1, -0.05) is 91.0 Å². The van der Waals surface area contributed by atoms with Crippen molar-refractivity contribution in [2.75, 3.05) is 7.05 Å². The molecular weight excluding hydrogens is 446 g/mol. The van der Waals surface area contributed by atoms with Gasteiger partial charge in [-0.2, -0.15) is 0 Å². The summed E-state index contributed by atoms with van der Waals surface area (Å²) in [5.41, 5.74) is 0.602. The molecule has 0 radical (unpaired) electrons. The number of esters is 1. The molecule has 2 aliphatic heterocycles. The molecule has 178 valence electrons. The Hall–Kier alpha value is -2.66. The molecule has 2 saturated heterocycles. The Morgan fingerprint density at radius 3 is 1.76 bits per heavy atom. The molecule has 0 spiro atoms. The van der Waals surface area contributed by atoms with Crippen molar-refractivity contribution in [2.24, 2.45) is 0 Å². The highest BCUT2D eigenvalue weighted by Gasteiger charge is 2.53. The van der Waals surface area contributed by atoms with E-state index in [0.717, 1.165) is 36.7 Å². The fourth-order valence-corrected chi connectivity index (χ4v) is 6.02. The third kappa shape index (κ3) is 4.38. The number of rotatable bonds is 6. The van der Waals surface area contributed by atoms with Gasteiger partial charge >= 0.3 is 5.97 Å². The third-order valence-electron chi connectivity index (χ3n) is 7.89. The number of aliphatic hydroxyl groups is 1. The standard InChI is InChI=1S/C29H32NO3.ClH/c1-30(21-22-11-5-2-6-12-22)25-17-18-26(30)20-27(19-25)33-28(31)29(32,23-13-7-3-8-14-23)24-15-9-4-10-16-24;/h2-16,25-27,32H,17-21H2,1H3;1H/q+1;/p-1. The molecule has 2 atom stereocenters. The summed E-state index contributed by atoms with van der Waals surface area (Å²) in [6.07, 6.45) is 3.82. The number of nitrogens with zero attached hydrogens (tertiary/aromatic N) is 1. The number of quaternary nitrogens is 1. The van der Waals surface area contributed by atoms with Crippen LogP contribution in [0, 0.1) is 0 Å². The van der Waals surface area contributed by atoms with Crippen molar-refractivity contribution in [1.82, 2.24) is 0 Å². The molecule has 3 aromatic rings. The van der Waals surface area contributed by atoms with Gasteiger partial charge in [0.2, 0.25) is 5.60 Å². The summed E-state index contributed by atoms with van der Waals surface area (Å²) in [4.78, 5) is 13.5. The van der Waals surface area contributed by atoms with E-state index in [1.54, 1.807) is 24.3 Å². The van der Waals surface area contributed by atoms with E-state index in [-0.39, 0.29) is 18.5 Å². The van der Waals surface area contributed by atoms with Crippen molar-refractivity contribution in [3.63, 3.8) is 0 Å². The molecule has 5 heteroatoms. The minimum Gasteiger partial charge on any atom is -1.00 e. The van der Waals surface area contributed by atoms with Gasteiger partial charge < -0.3 is 26.7 Å². The Labute approximate surface area is 208 Å². The topological polar surface area (TPSA) is 46.5 Å². The van der Waals surface area contributed by atoms with Crippen molar-refractivity contribution in [1.29, 1.82) is 0 Å². The lowest BCUT2D eigenvalue weighted by Crippen LogP contribution is -3.00. The maximum Gasteiger partial charge on any atom is 0.347 e. The normalized spacial score (nSPS) is 25.9. The smallest absolute Gasteiger partial charge is 0.347 e. The summed E-state index contributed by atoms with van der Waals surface area (Å²) in [6.45, 7) is 1.01. The molecule has 2 unspecified atom stereocenters. The van der Waals surface area contributed by atoms with E-state index >= 15 is 0 Å². The van der Waals surface area contributed by atoms with Crippen molar-refractivity contribution in [3.05, 3.63) is 108 Å². The lowest BCUT2D eigenvalue weighted by Gasteiger charge is -2.47. The highest BCUT2D eigenvalue weighted by Crippen LogP contribution is 2.44. The van der Waals surface area contributed by atoms with Crippen LogP contribution >= 0.6 is 0 Å². The number of fused-ring (bicyclic) bond motifs is 2. The number of carbonyl (C=O) groups is 1. The van der Waals surface area contributed by atoms with Gasteiger partial charge in [-0.25, -0.2) is 4.79 Å². The molecule has 2 bridgehead atoms. The molecule has 3 aromatic carbocycles. The van der Waals surface area contributed by atoms with Crippen LogP contribution < -0.4 is 12.4 Å². The van der Waals surface area contributed by atoms with Crippen LogP contribution in [0.2, 0.25) is 0 Å². The van der Waals surface area contributed by atoms with E-state index in [1.165, 1.54) is 5.56 Å². The molecule has 1 N–H and O–H groups in total. The maximum atomic E-state index is 13.5. The molecule has 34 heavy (non-hydrogen) atoms. The van der Waals surface area contributed by atoms with Gasteiger partial charge in [0.1, 0.15) is 12.6 Å². The molecule has 0 amide bonds. The second-order valence-electron chi connectivity index (χ2n) is 9.82. The van der Waals surface area contributed by atoms with Gasteiger partial charge in [-0.15, -0.1) is 0 Å². The number of hydrogen-bond acceptors (Lipinski definition) is 3. The summed E-state index contributed by atoms with van der Waals surface area (Å²) in [6, 6.07) is 29.8. The van der Waals surface area contributed by atoms with Crippen LogP contribution in [0.3, 0.4) is 0 Å². The molecule has 5 rings (SSSR count). The van der Waals surface area contributed by atoms with E-state index in [2.05, 4.69) is 37.4 Å². The second kappa shape index (κ2) is 9.91. The quantitative estimate of drug-likeness (QED) is 0.435. The van der Waals surface area contributed by atoms with Gasteiger partial charge in [-0.05, 0) is 11.1 Å². The van der Waals surface area contributed by atoms with Gasteiger partial charge in [0.15, 0.2) is 0 Å². The monoisotopic (exact) mass is 477 g/mol. The van der Waals surface area contributed by atoms with E-state index < -0.39 is 11.6 Å². The Morgan fingerprint density at radius 1 is 0.853 bits per heavy atom. The number of halogens is 1. The van der Waals surface area contributed by atoms with Gasteiger partial charge in [0.05, 0.1) is 19.1 Å². The van der Waals surface area contributed by atoms with Crippen LogP contribution in [-0.4, -0.2) is 40.8 Å². The van der Waals surface area contributed by atoms with Crippen LogP contribution in [0.5, 0.6) is 0 Å². The number of ether oxygens (including phenoxy) is 1. The van der Waals surface area contributed by atoms with Crippen LogP contribution in [-0.2, 0) is 21.7 Å². The summed E-state index contributed by atoms with van der Waals surface area (Å²) < 4.78 is 7.10. The Bertz CT molecular complexity index is 1040. The first-order valence-electron chi connectivity index (χ1n) is 11.9. The van der Waals surface area contributed by atoms with Crippen LogP contribution in [0.25, 0.3) is 0 Å². The zero-order valence-corrected chi connectivity index (χ0v) is 20.3. The van der Waals surface area contributed by atoms with Crippen LogP contribution in [0.1, 0.15) is 42.4 Å². The minimum absolute atomic E-state index is 0. The fourth-order valence-electron chi connectivity index (χ4n) is 6.02. The summed E-state index contributed by atoms with van der Waals surface area (Å²) in [7, 11) is 2.36. The van der Waals surface area contributed by atoms with Crippen molar-refractivity contribution in [3.8, 4) is 0 Å². The third-order valence-corrected chi connectivity index (χ3v) is 7.89. The van der Waals surface area contributed by atoms with E-state index in [1.807, 2.05) is 36.4 Å². The van der Waals surface area contributed by atoms with E-state index in [9.17, 15) is 9.90 Å². The van der Waals surface area contributed by atoms with Crippen molar-refractivity contribution in [2.45, 2.75) is 56.0 Å². The van der Waals surface area contributed by atoms with Crippen LogP contribution in [0.4, 0.5) is 0 Å². The Balaban J connectivity index is 0.00000274. The molecular formula is C29H32ClNO3. The summed E-state index contributed by atoms with van der Waals surface area (Å²) in [5.74, 6) is -0.580. The zero-order chi connectivity index (χ0) is 22.9. The van der Waals surface area contributed by atoms with Gasteiger partial charge in [-0.3, -0.25) is 0 Å². The number of hydrogen-bond donors (Lipinski definition) is 1. The molecule has 2 heterocycles. The van der Waals surface area contributed by atoms with Crippen molar-refractivity contribution < 1.29 is 31.5 Å². The Morgan fingerprint density at radius 2 is 1.29 bits per heavy atom.